The minimum absolute atomic E-state index is 0.921. The Kier molecular flexibility index (Phi) is 3.78. The van der Waals surface area contributed by atoms with Crippen molar-refractivity contribution in [2.45, 2.75) is 33.1 Å². The van der Waals surface area contributed by atoms with Crippen LogP contribution in [0.5, 0.6) is 0 Å². The Morgan fingerprint density at radius 1 is 1.29 bits per heavy atom. The zero-order valence-corrected chi connectivity index (χ0v) is 13.0. The SMILES string of the molecule is CCc1c(NC)ncnc1N1CCCc2cc(C)ccc21. The average molecular weight is 282 g/mol. The molecule has 21 heavy (non-hydrogen) atoms. The average Bonchev–Trinajstić information content (AvgIpc) is 2.53. The molecule has 0 amide bonds. The largest absolute Gasteiger partial charge is 0.373 e. The summed E-state index contributed by atoms with van der Waals surface area (Å²) in [5, 5.41) is 3.18. The Hall–Kier alpha value is -2.10. The molecule has 0 unspecified atom stereocenters. The maximum absolute atomic E-state index is 4.58. The summed E-state index contributed by atoms with van der Waals surface area (Å²) in [6.07, 6.45) is 4.89. The van der Waals surface area contributed by atoms with Gasteiger partial charge >= 0.3 is 0 Å². The van der Waals surface area contributed by atoms with Crippen LogP contribution < -0.4 is 10.2 Å². The van der Waals surface area contributed by atoms with E-state index >= 15 is 0 Å². The quantitative estimate of drug-likeness (QED) is 0.936. The first-order chi connectivity index (χ1) is 10.2. The smallest absolute Gasteiger partial charge is 0.141 e. The lowest BCUT2D eigenvalue weighted by Crippen LogP contribution is -2.27. The number of hydrogen-bond donors (Lipinski definition) is 1. The van der Waals surface area contributed by atoms with Crippen molar-refractivity contribution in [1.29, 1.82) is 0 Å². The number of nitrogens with zero attached hydrogens (tertiary/aromatic N) is 3. The molecule has 0 saturated carbocycles. The highest BCUT2D eigenvalue weighted by molar-refractivity contribution is 5.71. The number of fused-ring (bicyclic) bond motifs is 1. The molecule has 3 rings (SSSR count). The third-order valence-corrected chi connectivity index (χ3v) is 4.12. The number of benzene rings is 1. The fraction of sp³-hybridized carbons (Fsp3) is 0.412. The molecule has 0 aliphatic carbocycles. The van der Waals surface area contributed by atoms with Crippen LogP contribution in [0.2, 0.25) is 0 Å². The van der Waals surface area contributed by atoms with Gasteiger partial charge in [-0.25, -0.2) is 9.97 Å². The first kappa shape index (κ1) is 13.9. The van der Waals surface area contributed by atoms with Crippen LogP contribution in [0.1, 0.15) is 30.0 Å². The number of anilines is 3. The molecule has 0 spiro atoms. The monoisotopic (exact) mass is 282 g/mol. The number of aromatic nitrogens is 2. The van der Waals surface area contributed by atoms with Crippen LogP contribution >= 0.6 is 0 Å². The van der Waals surface area contributed by atoms with Gasteiger partial charge in [0.1, 0.15) is 18.0 Å². The van der Waals surface area contributed by atoms with Crippen LogP contribution in [0.4, 0.5) is 17.3 Å². The summed E-state index contributed by atoms with van der Waals surface area (Å²) >= 11 is 0. The first-order valence-corrected chi connectivity index (χ1v) is 7.63. The Balaban J connectivity index is 2.11. The molecule has 0 radical (unpaired) electrons. The third-order valence-electron chi connectivity index (χ3n) is 4.12. The van der Waals surface area contributed by atoms with Crippen molar-refractivity contribution in [3.8, 4) is 0 Å². The summed E-state index contributed by atoms with van der Waals surface area (Å²) in [5.74, 6) is 1.98. The van der Waals surface area contributed by atoms with Crippen molar-refractivity contribution in [1.82, 2.24) is 9.97 Å². The van der Waals surface area contributed by atoms with E-state index in [2.05, 4.69) is 52.2 Å². The van der Waals surface area contributed by atoms with Gasteiger partial charge in [-0.3, -0.25) is 0 Å². The van der Waals surface area contributed by atoms with Crippen molar-refractivity contribution in [3.63, 3.8) is 0 Å². The molecule has 0 atom stereocenters. The molecule has 0 bridgehead atoms. The molecule has 1 aliphatic rings. The van der Waals surface area contributed by atoms with Crippen molar-refractivity contribution in [2.24, 2.45) is 0 Å². The lowest BCUT2D eigenvalue weighted by atomic mass is 9.99. The van der Waals surface area contributed by atoms with Gasteiger partial charge in [-0.15, -0.1) is 0 Å². The van der Waals surface area contributed by atoms with Crippen molar-refractivity contribution >= 4 is 17.3 Å². The molecule has 1 aliphatic heterocycles. The predicted molar refractivity (Wildman–Crippen MR) is 87.5 cm³/mol. The van der Waals surface area contributed by atoms with Gasteiger partial charge in [0.25, 0.3) is 0 Å². The van der Waals surface area contributed by atoms with Crippen molar-refractivity contribution < 1.29 is 0 Å². The molecule has 0 saturated heterocycles. The normalized spacial score (nSPS) is 14.0. The Bertz CT molecular complexity index is 651. The lowest BCUT2D eigenvalue weighted by Gasteiger charge is -2.32. The minimum Gasteiger partial charge on any atom is -0.373 e. The molecule has 4 nitrogen and oxygen atoms in total. The number of rotatable bonds is 3. The lowest BCUT2D eigenvalue weighted by molar-refractivity contribution is 0.753. The number of hydrogen-bond acceptors (Lipinski definition) is 4. The summed E-state index contributed by atoms with van der Waals surface area (Å²) in [6, 6.07) is 6.71. The predicted octanol–water partition coefficient (Wildman–Crippen LogP) is 3.47. The maximum Gasteiger partial charge on any atom is 0.141 e. The standard InChI is InChI=1S/C17H22N4/c1-4-14-16(18-3)19-11-20-17(14)21-9-5-6-13-10-12(2)7-8-15(13)21/h7-8,10-11H,4-6,9H2,1-3H3,(H,18,19,20). The van der Waals surface area contributed by atoms with E-state index in [1.807, 2.05) is 7.05 Å². The van der Waals surface area contributed by atoms with E-state index in [-0.39, 0.29) is 0 Å². The van der Waals surface area contributed by atoms with Gasteiger partial charge in [-0.1, -0.05) is 24.6 Å². The van der Waals surface area contributed by atoms with Crippen LogP contribution in [0.15, 0.2) is 24.5 Å². The van der Waals surface area contributed by atoms with Gasteiger partial charge in [0.2, 0.25) is 0 Å². The molecular formula is C17H22N4. The van der Waals surface area contributed by atoms with E-state index in [1.165, 1.54) is 28.8 Å². The van der Waals surface area contributed by atoms with Gasteiger partial charge in [-0.05, 0) is 37.8 Å². The van der Waals surface area contributed by atoms with Crippen LogP contribution in [-0.4, -0.2) is 23.6 Å². The Morgan fingerprint density at radius 2 is 2.14 bits per heavy atom. The fourth-order valence-electron chi connectivity index (χ4n) is 3.12. The van der Waals surface area contributed by atoms with E-state index in [4.69, 9.17) is 0 Å². The van der Waals surface area contributed by atoms with E-state index in [1.54, 1.807) is 6.33 Å². The zero-order valence-electron chi connectivity index (χ0n) is 13.0. The minimum atomic E-state index is 0.921. The van der Waals surface area contributed by atoms with E-state index in [9.17, 15) is 0 Å². The fourth-order valence-corrected chi connectivity index (χ4v) is 3.12. The second-order valence-electron chi connectivity index (χ2n) is 5.52. The topological polar surface area (TPSA) is 41.1 Å². The highest BCUT2D eigenvalue weighted by atomic mass is 15.2. The number of aryl methyl sites for hydroxylation is 2. The first-order valence-electron chi connectivity index (χ1n) is 7.63. The second kappa shape index (κ2) is 5.72. The van der Waals surface area contributed by atoms with Crippen molar-refractivity contribution in [2.75, 3.05) is 23.8 Å². The van der Waals surface area contributed by atoms with Crippen molar-refractivity contribution in [3.05, 3.63) is 41.2 Å². The van der Waals surface area contributed by atoms with Crippen LogP contribution in [0.3, 0.4) is 0 Å². The van der Waals surface area contributed by atoms with Gasteiger partial charge < -0.3 is 10.2 Å². The second-order valence-corrected chi connectivity index (χ2v) is 5.52. The summed E-state index contributed by atoms with van der Waals surface area (Å²) in [4.78, 5) is 11.3. The van der Waals surface area contributed by atoms with E-state index in [0.717, 1.165) is 31.0 Å². The van der Waals surface area contributed by atoms with Gasteiger partial charge in [0.05, 0.1) is 0 Å². The van der Waals surface area contributed by atoms with Crippen LogP contribution in [0, 0.1) is 6.92 Å². The molecule has 2 heterocycles. The van der Waals surface area contributed by atoms with Gasteiger partial charge in [0, 0.05) is 24.8 Å². The highest BCUT2D eigenvalue weighted by Crippen LogP contribution is 2.36. The van der Waals surface area contributed by atoms with E-state index in [0.29, 0.717) is 0 Å². The molecule has 1 aromatic heterocycles. The van der Waals surface area contributed by atoms with Gasteiger partial charge in [0.15, 0.2) is 0 Å². The van der Waals surface area contributed by atoms with Crippen LogP contribution in [0.25, 0.3) is 0 Å². The molecule has 1 aromatic carbocycles. The molecule has 2 aromatic rings. The zero-order chi connectivity index (χ0) is 14.8. The molecule has 1 N–H and O–H groups in total. The Morgan fingerprint density at radius 3 is 2.90 bits per heavy atom. The summed E-state index contributed by atoms with van der Waals surface area (Å²) in [5.41, 5.74) is 5.23. The van der Waals surface area contributed by atoms with E-state index < -0.39 is 0 Å². The Labute approximate surface area is 126 Å². The molecule has 4 heteroatoms. The molecule has 110 valence electrons. The summed E-state index contributed by atoms with van der Waals surface area (Å²) < 4.78 is 0. The summed E-state index contributed by atoms with van der Waals surface area (Å²) in [7, 11) is 1.92. The molecular weight excluding hydrogens is 260 g/mol. The van der Waals surface area contributed by atoms with Gasteiger partial charge in [-0.2, -0.15) is 0 Å². The highest BCUT2D eigenvalue weighted by Gasteiger charge is 2.22. The maximum atomic E-state index is 4.58. The molecule has 0 fully saturated rings. The summed E-state index contributed by atoms with van der Waals surface area (Å²) in [6.45, 7) is 5.33. The third kappa shape index (κ3) is 2.46. The number of nitrogens with one attached hydrogen (secondary N) is 1. The van der Waals surface area contributed by atoms with Crippen LogP contribution in [-0.2, 0) is 12.8 Å².